The summed E-state index contributed by atoms with van der Waals surface area (Å²) in [6.45, 7) is 9.94. The van der Waals surface area contributed by atoms with E-state index < -0.39 is 0 Å². The van der Waals surface area contributed by atoms with E-state index in [1.165, 1.54) is 12.1 Å². The Bertz CT molecular complexity index is 384. The molecule has 20 heavy (non-hydrogen) atoms. The first-order valence-electron chi connectivity index (χ1n) is 7.25. The van der Waals surface area contributed by atoms with Crippen LogP contribution in [0.15, 0.2) is 24.3 Å². The normalized spacial score (nSPS) is 14.5. The SMILES string of the molecule is CCOCC(C)OC(CNC(C)C)c1cccc(F)c1. The first kappa shape index (κ1) is 17.1. The highest BCUT2D eigenvalue weighted by molar-refractivity contribution is 5.19. The van der Waals surface area contributed by atoms with Gasteiger partial charge in [0.1, 0.15) is 5.82 Å². The van der Waals surface area contributed by atoms with E-state index in [2.05, 4.69) is 19.2 Å². The maximum atomic E-state index is 13.4. The van der Waals surface area contributed by atoms with Crippen molar-refractivity contribution in [1.29, 1.82) is 0 Å². The summed E-state index contributed by atoms with van der Waals surface area (Å²) in [5.74, 6) is -0.238. The molecule has 0 bridgehead atoms. The van der Waals surface area contributed by atoms with Crippen LogP contribution in [0, 0.1) is 5.82 Å². The summed E-state index contributed by atoms with van der Waals surface area (Å²) in [6, 6.07) is 6.93. The van der Waals surface area contributed by atoms with Gasteiger partial charge in [0.25, 0.3) is 0 Å². The number of ether oxygens (including phenoxy) is 2. The molecule has 1 aromatic carbocycles. The molecule has 114 valence electrons. The minimum Gasteiger partial charge on any atom is -0.379 e. The van der Waals surface area contributed by atoms with Gasteiger partial charge in [0, 0.05) is 19.2 Å². The lowest BCUT2D eigenvalue weighted by atomic mass is 10.1. The Morgan fingerprint density at radius 1 is 1.25 bits per heavy atom. The van der Waals surface area contributed by atoms with Crippen LogP contribution in [-0.2, 0) is 9.47 Å². The van der Waals surface area contributed by atoms with E-state index in [0.29, 0.717) is 25.8 Å². The van der Waals surface area contributed by atoms with Gasteiger partial charge in [0.2, 0.25) is 0 Å². The molecule has 0 aliphatic heterocycles. The molecule has 0 radical (unpaired) electrons. The maximum Gasteiger partial charge on any atom is 0.123 e. The van der Waals surface area contributed by atoms with Gasteiger partial charge >= 0.3 is 0 Å². The fourth-order valence-electron chi connectivity index (χ4n) is 1.90. The summed E-state index contributed by atoms with van der Waals surface area (Å²) < 4.78 is 24.7. The monoisotopic (exact) mass is 283 g/mol. The second kappa shape index (κ2) is 9.06. The van der Waals surface area contributed by atoms with Crippen molar-refractivity contribution in [2.45, 2.75) is 45.9 Å². The van der Waals surface area contributed by atoms with Crippen molar-refractivity contribution in [1.82, 2.24) is 5.32 Å². The van der Waals surface area contributed by atoms with E-state index in [9.17, 15) is 4.39 Å². The molecule has 4 heteroatoms. The van der Waals surface area contributed by atoms with Crippen molar-refractivity contribution < 1.29 is 13.9 Å². The smallest absolute Gasteiger partial charge is 0.123 e. The molecule has 1 N–H and O–H groups in total. The average Bonchev–Trinajstić information content (AvgIpc) is 2.41. The number of rotatable bonds is 9. The number of hydrogen-bond acceptors (Lipinski definition) is 3. The van der Waals surface area contributed by atoms with Gasteiger partial charge in [-0.25, -0.2) is 4.39 Å². The molecule has 0 fully saturated rings. The van der Waals surface area contributed by atoms with Crippen LogP contribution in [0.3, 0.4) is 0 Å². The quantitative estimate of drug-likeness (QED) is 0.754. The van der Waals surface area contributed by atoms with Crippen molar-refractivity contribution in [2.24, 2.45) is 0 Å². The summed E-state index contributed by atoms with van der Waals surface area (Å²) in [6.07, 6.45) is -0.208. The molecule has 3 nitrogen and oxygen atoms in total. The molecule has 2 unspecified atom stereocenters. The highest BCUT2D eigenvalue weighted by Crippen LogP contribution is 2.20. The molecule has 0 saturated heterocycles. The molecule has 0 spiro atoms. The van der Waals surface area contributed by atoms with E-state index in [0.717, 1.165) is 5.56 Å². The minimum atomic E-state index is -0.238. The van der Waals surface area contributed by atoms with E-state index in [4.69, 9.17) is 9.47 Å². The first-order chi connectivity index (χ1) is 9.52. The van der Waals surface area contributed by atoms with Gasteiger partial charge in [-0.1, -0.05) is 26.0 Å². The van der Waals surface area contributed by atoms with Crippen molar-refractivity contribution >= 4 is 0 Å². The van der Waals surface area contributed by atoms with E-state index >= 15 is 0 Å². The van der Waals surface area contributed by atoms with Gasteiger partial charge in [-0.2, -0.15) is 0 Å². The lowest BCUT2D eigenvalue weighted by molar-refractivity contribution is -0.0475. The second-order valence-electron chi connectivity index (χ2n) is 5.21. The molecular weight excluding hydrogens is 257 g/mol. The lowest BCUT2D eigenvalue weighted by Crippen LogP contribution is -2.31. The third kappa shape index (κ3) is 6.46. The van der Waals surface area contributed by atoms with Crippen molar-refractivity contribution in [2.75, 3.05) is 19.8 Å². The van der Waals surface area contributed by atoms with Gasteiger partial charge < -0.3 is 14.8 Å². The number of benzene rings is 1. The molecule has 0 aliphatic rings. The van der Waals surface area contributed by atoms with Crippen molar-refractivity contribution in [3.05, 3.63) is 35.6 Å². The Hall–Kier alpha value is -0.970. The lowest BCUT2D eigenvalue weighted by Gasteiger charge is -2.24. The van der Waals surface area contributed by atoms with Crippen LogP contribution in [0.2, 0.25) is 0 Å². The van der Waals surface area contributed by atoms with Crippen LogP contribution in [0.1, 0.15) is 39.4 Å². The predicted molar refractivity (Wildman–Crippen MR) is 79.3 cm³/mol. The highest BCUT2D eigenvalue weighted by atomic mass is 19.1. The minimum absolute atomic E-state index is 0.0304. The van der Waals surface area contributed by atoms with E-state index in [-0.39, 0.29) is 18.0 Å². The molecule has 0 saturated carbocycles. The Balaban J connectivity index is 2.69. The molecule has 0 amide bonds. The van der Waals surface area contributed by atoms with E-state index in [1.54, 1.807) is 6.07 Å². The summed E-state index contributed by atoms with van der Waals surface area (Å²) in [5, 5.41) is 3.34. The first-order valence-corrected chi connectivity index (χ1v) is 7.25. The third-order valence-electron chi connectivity index (χ3n) is 2.89. The van der Waals surface area contributed by atoms with Crippen LogP contribution in [0.25, 0.3) is 0 Å². The van der Waals surface area contributed by atoms with Gasteiger partial charge in [0.15, 0.2) is 0 Å². The summed E-state index contributed by atoms with van der Waals surface area (Å²) in [4.78, 5) is 0. The zero-order valence-electron chi connectivity index (χ0n) is 12.9. The fraction of sp³-hybridized carbons (Fsp3) is 0.625. The van der Waals surface area contributed by atoms with E-state index in [1.807, 2.05) is 19.9 Å². The Morgan fingerprint density at radius 2 is 2.00 bits per heavy atom. The zero-order chi connectivity index (χ0) is 15.0. The van der Waals surface area contributed by atoms with Crippen LogP contribution in [0.4, 0.5) is 4.39 Å². The van der Waals surface area contributed by atoms with Gasteiger partial charge in [-0.05, 0) is 31.5 Å². The number of nitrogens with one attached hydrogen (secondary N) is 1. The van der Waals surface area contributed by atoms with Crippen molar-refractivity contribution in [3.63, 3.8) is 0 Å². The molecule has 0 aromatic heterocycles. The van der Waals surface area contributed by atoms with Gasteiger partial charge in [-0.15, -0.1) is 0 Å². The molecule has 1 rings (SSSR count). The standard InChI is InChI=1S/C16H26FNO2/c1-5-19-11-13(4)20-16(10-18-12(2)3)14-7-6-8-15(17)9-14/h6-9,12-13,16,18H,5,10-11H2,1-4H3. The van der Waals surface area contributed by atoms with Crippen LogP contribution < -0.4 is 5.32 Å². The largest absolute Gasteiger partial charge is 0.379 e. The summed E-state index contributed by atoms with van der Waals surface area (Å²) in [7, 11) is 0. The average molecular weight is 283 g/mol. The van der Waals surface area contributed by atoms with Crippen LogP contribution in [-0.4, -0.2) is 31.9 Å². The second-order valence-corrected chi connectivity index (χ2v) is 5.21. The predicted octanol–water partition coefficient (Wildman–Crippen LogP) is 3.31. The Kier molecular flexibility index (Phi) is 7.73. The third-order valence-corrected chi connectivity index (χ3v) is 2.89. The van der Waals surface area contributed by atoms with Gasteiger partial charge in [0.05, 0.1) is 18.8 Å². The topological polar surface area (TPSA) is 30.5 Å². The Morgan fingerprint density at radius 3 is 2.60 bits per heavy atom. The Labute approximate surface area is 121 Å². The molecule has 1 aromatic rings. The number of hydrogen-bond donors (Lipinski definition) is 1. The highest BCUT2D eigenvalue weighted by Gasteiger charge is 2.16. The summed E-state index contributed by atoms with van der Waals surface area (Å²) >= 11 is 0. The van der Waals surface area contributed by atoms with Gasteiger partial charge in [-0.3, -0.25) is 0 Å². The maximum absolute atomic E-state index is 13.4. The molecule has 0 aliphatic carbocycles. The van der Waals surface area contributed by atoms with Crippen LogP contribution >= 0.6 is 0 Å². The van der Waals surface area contributed by atoms with Crippen molar-refractivity contribution in [3.8, 4) is 0 Å². The molecular formula is C16H26FNO2. The molecule has 2 atom stereocenters. The fourth-order valence-corrected chi connectivity index (χ4v) is 1.90. The molecule has 0 heterocycles. The van der Waals surface area contributed by atoms with Crippen LogP contribution in [0.5, 0.6) is 0 Å². The number of halogens is 1. The zero-order valence-corrected chi connectivity index (χ0v) is 12.9. The summed E-state index contributed by atoms with van der Waals surface area (Å²) in [5.41, 5.74) is 0.849.